The van der Waals surface area contributed by atoms with Crippen molar-refractivity contribution < 1.29 is 9.47 Å². The first-order chi connectivity index (χ1) is 8.58. The molecule has 0 N–H and O–H groups in total. The Labute approximate surface area is 111 Å². The summed E-state index contributed by atoms with van der Waals surface area (Å²) in [6, 6.07) is 8.15. The van der Waals surface area contributed by atoms with Gasteiger partial charge >= 0.3 is 0 Å². The van der Waals surface area contributed by atoms with Crippen molar-refractivity contribution in [1.29, 1.82) is 0 Å². The average Bonchev–Trinajstić information content (AvgIpc) is 2.31. The van der Waals surface area contributed by atoms with Gasteiger partial charge in [0.1, 0.15) is 12.4 Å². The number of hydrogen-bond donors (Lipinski definition) is 0. The lowest BCUT2D eigenvalue weighted by atomic mass is 10.2. The predicted octanol–water partition coefficient (Wildman–Crippen LogP) is 2.73. The maximum Gasteiger partial charge on any atom is 0.119 e. The number of rotatable bonds is 8. The van der Waals surface area contributed by atoms with E-state index in [1.807, 2.05) is 12.1 Å². The van der Waals surface area contributed by atoms with Crippen LogP contribution in [0.15, 0.2) is 24.3 Å². The van der Waals surface area contributed by atoms with Crippen molar-refractivity contribution in [2.24, 2.45) is 0 Å². The van der Waals surface area contributed by atoms with E-state index in [0.717, 1.165) is 25.4 Å². The van der Waals surface area contributed by atoms with Crippen LogP contribution in [0.2, 0.25) is 0 Å². The molecule has 102 valence electrons. The van der Waals surface area contributed by atoms with Crippen molar-refractivity contribution in [3.8, 4) is 5.75 Å². The van der Waals surface area contributed by atoms with Crippen LogP contribution >= 0.6 is 0 Å². The fraction of sp³-hybridized carbons (Fsp3) is 0.600. The molecule has 0 atom stereocenters. The highest BCUT2D eigenvalue weighted by Crippen LogP contribution is 2.10. The van der Waals surface area contributed by atoms with Gasteiger partial charge in [0, 0.05) is 13.1 Å². The Kier molecular flexibility index (Phi) is 6.76. The lowest BCUT2D eigenvalue weighted by Gasteiger charge is -2.17. The standard InChI is InChI=1S/C15H25NO2/c1-13(2)17-11-9-16(4)10-12-18-15-7-5-14(3)6-8-15/h5-8,13H,9-12H2,1-4H3. The molecule has 3 nitrogen and oxygen atoms in total. The molecule has 0 aliphatic carbocycles. The van der Waals surface area contributed by atoms with Crippen molar-refractivity contribution in [3.63, 3.8) is 0 Å². The summed E-state index contributed by atoms with van der Waals surface area (Å²) in [6.07, 6.45) is 0.308. The molecule has 0 spiro atoms. The fourth-order valence-electron chi connectivity index (χ4n) is 1.51. The van der Waals surface area contributed by atoms with Gasteiger partial charge in [-0.25, -0.2) is 0 Å². The van der Waals surface area contributed by atoms with E-state index in [-0.39, 0.29) is 0 Å². The van der Waals surface area contributed by atoms with E-state index in [1.54, 1.807) is 0 Å². The van der Waals surface area contributed by atoms with Crippen LogP contribution in [0.5, 0.6) is 5.75 Å². The van der Waals surface area contributed by atoms with Crippen molar-refractivity contribution in [3.05, 3.63) is 29.8 Å². The molecule has 0 saturated carbocycles. The van der Waals surface area contributed by atoms with Gasteiger partial charge in [-0.2, -0.15) is 0 Å². The van der Waals surface area contributed by atoms with Crippen molar-refractivity contribution >= 4 is 0 Å². The van der Waals surface area contributed by atoms with Crippen LogP contribution in [-0.4, -0.2) is 44.4 Å². The van der Waals surface area contributed by atoms with Gasteiger partial charge < -0.3 is 14.4 Å². The van der Waals surface area contributed by atoms with E-state index in [2.05, 4.69) is 44.9 Å². The summed E-state index contributed by atoms with van der Waals surface area (Å²) < 4.78 is 11.2. The third kappa shape index (κ3) is 6.62. The van der Waals surface area contributed by atoms with Gasteiger partial charge in [-0.05, 0) is 40.0 Å². The van der Waals surface area contributed by atoms with Crippen LogP contribution in [0.25, 0.3) is 0 Å². The fourth-order valence-corrected chi connectivity index (χ4v) is 1.51. The molecule has 0 heterocycles. The quantitative estimate of drug-likeness (QED) is 0.709. The maximum atomic E-state index is 5.68. The second-order valence-electron chi connectivity index (χ2n) is 4.88. The first-order valence-corrected chi connectivity index (χ1v) is 6.57. The zero-order chi connectivity index (χ0) is 13.4. The van der Waals surface area contributed by atoms with Gasteiger partial charge in [0.05, 0.1) is 12.7 Å². The monoisotopic (exact) mass is 251 g/mol. The third-order valence-corrected chi connectivity index (χ3v) is 2.69. The Bertz CT molecular complexity index is 322. The summed E-state index contributed by atoms with van der Waals surface area (Å²) >= 11 is 0. The zero-order valence-electron chi connectivity index (χ0n) is 12.0. The van der Waals surface area contributed by atoms with E-state index in [4.69, 9.17) is 9.47 Å². The van der Waals surface area contributed by atoms with Crippen LogP contribution in [0.3, 0.4) is 0 Å². The zero-order valence-corrected chi connectivity index (χ0v) is 12.0. The first kappa shape index (κ1) is 15.0. The van der Waals surface area contributed by atoms with Gasteiger partial charge in [-0.3, -0.25) is 0 Å². The molecular formula is C15H25NO2. The Morgan fingerprint density at radius 1 is 1.06 bits per heavy atom. The van der Waals surface area contributed by atoms with Crippen molar-refractivity contribution in [2.45, 2.75) is 26.9 Å². The maximum absolute atomic E-state index is 5.68. The second kappa shape index (κ2) is 8.11. The van der Waals surface area contributed by atoms with Crippen molar-refractivity contribution in [1.82, 2.24) is 4.90 Å². The third-order valence-electron chi connectivity index (χ3n) is 2.69. The Balaban J connectivity index is 2.11. The topological polar surface area (TPSA) is 21.7 Å². The molecule has 0 unspecified atom stereocenters. The lowest BCUT2D eigenvalue weighted by molar-refractivity contribution is 0.0616. The van der Waals surface area contributed by atoms with E-state index < -0.39 is 0 Å². The smallest absolute Gasteiger partial charge is 0.119 e. The summed E-state index contributed by atoms with van der Waals surface area (Å²) in [5.41, 5.74) is 1.25. The molecule has 1 aromatic carbocycles. The molecule has 18 heavy (non-hydrogen) atoms. The summed E-state index contributed by atoms with van der Waals surface area (Å²) in [7, 11) is 2.09. The van der Waals surface area contributed by atoms with Gasteiger partial charge in [-0.15, -0.1) is 0 Å². The lowest BCUT2D eigenvalue weighted by Crippen LogP contribution is -2.28. The highest BCUT2D eigenvalue weighted by atomic mass is 16.5. The molecule has 0 saturated heterocycles. The molecule has 0 aromatic heterocycles. The summed E-state index contributed by atoms with van der Waals surface area (Å²) in [5.74, 6) is 0.937. The van der Waals surface area contributed by atoms with Crippen molar-refractivity contribution in [2.75, 3.05) is 33.4 Å². The molecule has 0 fully saturated rings. The summed E-state index contributed by atoms with van der Waals surface area (Å²) in [5, 5.41) is 0. The van der Waals surface area contributed by atoms with E-state index >= 15 is 0 Å². The molecule has 1 aromatic rings. The number of likely N-dealkylation sites (N-methyl/N-ethyl adjacent to an activating group) is 1. The van der Waals surface area contributed by atoms with Gasteiger partial charge in [0.25, 0.3) is 0 Å². The van der Waals surface area contributed by atoms with Crippen LogP contribution in [0.1, 0.15) is 19.4 Å². The van der Waals surface area contributed by atoms with Crippen LogP contribution in [0.4, 0.5) is 0 Å². The molecular weight excluding hydrogens is 226 g/mol. The van der Waals surface area contributed by atoms with E-state index in [0.29, 0.717) is 12.7 Å². The minimum atomic E-state index is 0.308. The molecule has 0 aliphatic rings. The molecule has 1 rings (SSSR count). The van der Waals surface area contributed by atoms with Gasteiger partial charge in [0.2, 0.25) is 0 Å². The molecule has 0 bridgehead atoms. The van der Waals surface area contributed by atoms with Gasteiger partial charge in [-0.1, -0.05) is 17.7 Å². The first-order valence-electron chi connectivity index (χ1n) is 6.57. The molecule has 0 amide bonds. The minimum absolute atomic E-state index is 0.308. The summed E-state index contributed by atoms with van der Waals surface area (Å²) in [4.78, 5) is 2.22. The van der Waals surface area contributed by atoms with Gasteiger partial charge in [0.15, 0.2) is 0 Å². The second-order valence-corrected chi connectivity index (χ2v) is 4.88. The average molecular weight is 251 g/mol. The SMILES string of the molecule is Cc1ccc(OCCN(C)CCOC(C)C)cc1. The largest absolute Gasteiger partial charge is 0.492 e. The van der Waals surface area contributed by atoms with Crippen LogP contribution < -0.4 is 4.74 Å². The Morgan fingerprint density at radius 2 is 1.67 bits per heavy atom. The highest BCUT2D eigenvalue weighted by Gasteiger charge is 2.00. The number of aryl methyl sites for hydroxylation is 1. The van der Waals surface area contributed by atoms with Crippen LogP contribution in [0, 0.1) is 6.92 Å². The van der Waals surface area contributed by atoms with E-state index in [9.17, 15) is 0 Å². The molecule has 0 radical (unpaired) electrons. The Morgan fingerprint density at radius 3 is 2.28 bits per heavy atom. The number of nitrogens with zero attached hydrogens (tertiary/aromatic N) is 1. The van der Waals surface area contributed by atoms with E-state index in [1.165, 1.54) is 5.56 Å². The molecule has 0 aliphatic heterocycles. The van der Waals surface area contributed by atoms with Crippen LogP contribution in [-0.2, 0) is 4.74 Å². The number of ether oxygens (including phenoxy) is 2. The summed E-state index contributed by atoms with van der Waals surface area (Å²) in [6.45, 7) is 9.53. The highest BCUT2D eigenvalue weighted by molar-refractivity contribution is 5.26. The Hall–Kier alpha value is -1.06. The minimum Gasteiger partial charge on any atom is -0.492 e. The number of benzene rings is 1. The molecule has 3 heteroatoms. The predicted molar refractivity (Wildman–Crippen MR) is 75.3 cm³/mol. The number of hydrogen-bond acceptors (Lipinski definition) is 3. The normalized spacial score (nSPS) is 11.2.